The molecule has 3 aromatic rings. The standard InChI is InChI=1S/C19H14Cl2N4OS/c1-11-10-19(25(23-11)14-8-4-2-6-12(14)20)16(21)17(26)24(19)18-22-13-7-3-5-9-15(13)27-18/h2-9,16H,10H2,1H3. The summed E-state index contributed by atoms with van der Waals surface area (Å²) in [7, 11) is 0. The minimum atomic E-state index is -0.832. The Bertz CT molecular complexity index is 1080. The van der Waals surface area contributed by atoms with Crippen molar-refractivity contribution in [1.82, 2.24) is 4.98 Å². The normalized spacial score (nSPS) is 24.6. The number of halogens is 2. The molecule has 3 heterocycles. The lowest BCUT2D eigenvalue weighted by Gasteiger charge is -2.55. The molecule has 0 saturated carbocycles. The van der Waals surface area contributed by atoms with E-state index in [-0.39, 0.29) is 5.91 Å². The lowest BCUT2D eigenvalue weighted by Crippen LogP contribution is -2.78. The summed E-state index contributed by atoms with van der Waals surface area (Å²) in [4.78, 5) is 19.2. The molecule has 2 aliphatic heterocycles. The van der Waals surface area contributed by atoms with Gasteiger partial charge in [0.25, 0.3) is 5.91 Å². The minimum Gasteiger partial charge on any atom is -0.272 e. The highest BCUT2D eigenvalue weighted by Crippen LogP contribution is 2.52. The monoisotopic (exact) mass is 416 g/mol. The Hall–Kier alpha value is -2.15. The van der Waals surface area contributed by atoms with Crippen molar-refractivity contribution < 1.29 is 4.79 Å². The molecular weight excluding hydrogens is 403 g/mol. The zero-order valence-electron chi connectivity index (χ0n) is 14.3. The Balaban J connectivity index is 1.66. The predicted molar refractivity (Wildman–Crippen MR) is 111 cm³/mol. The van der Waals surface area contributed by atoms with E-state index in [0.29, 0.717) is 16.6 Å². The number of benzene rings is 2. The van der Waals surface area contributed by atoms with E-state index in [1.165, 1.54) is 11.3 Å². The average molecular weight is 417 g/mol. The molecule has 2 unspecified atom stereocenters. The number of alkyl halides is 1. The number of hydrazone groups is 1. The summed E-state index contributed by atoms with van der Waals surface area (Å²) in [6, 6.07) is 15.3. The van der Waals surface area contributed by atoms with Crippen LogP contribution in [-0.4, -0.2) is 27.6 Å². The number of amides is 1. The second kappa shape index (κ2) is 5.92. The van der Waals surface area contributed by atoms with E-state index in [2.05, 4.69) is 10.1 Å². The van der Waals surface area contributed by atoms with Gasteiger partial charge in [-0.2, -0.15) is 5.10 Å². The molecule has 5 rings (SSSR count). The topological polar surface area (TPSA) is 48.8 Å². The molecule has 8 heteroatoms. The lowest BCUT2D eigenvalue weighted by atomic mass is 9.88. The number of para-hydroxylation sites is 2. The number of carbonyl (C=O) groups is 1. The third-order valence-electron chi connectivity index (χ3n) is 4.94. The fraction of sp³-hybridized carbons (Fsp3) is 0.211. The van der Waals surface area contributed by atoms with Crippen molar-refractivity contribution in [3.63, 3.8) is 0 Å². The number of aromatic nitrogens is 1. The average Bonchev–Trinajstić information content (AvgIpc) is 3.24. The van der Waals surface area contributed by atoms with E-state index in [4.69, 9.17) is 23.2 Å². The molecule has 0 N–H and O–H groups in total. The van der Waals surface area contributed by atoms with Gasteiger partial charge < -0.3 is 0 Å². The summed E-state index contributed by atoms with van der Waals surface area (Å²) in [6.07, 6.45) is 0.536. The van der Waals surface area contributed by atoms with Gasteiger partial charge in [-0.3, -0.25) is 9.69 Å². The highest BCUT2D eigenvalue weighted by molar-refractivity contribution is 7.22. The van der Waals surface area contributed by atoms with Crippen LogP contribution >= 0.6 is 34.5 Å². The third kappa shape index (κ3) is 2.27. The van der Waals surface area contributed by atoms with Crippen LogP contribution < -0.4 is 9.91 Å². The summed E-state index contributed by atoms with van der Waals surface area (Å²) < 4.78 is 1.02. The molecule has 1 amide bonds. The first-order chi connectivity index (χ1) is 13.0. The fourth-order valence-electron chi connectivity index (χ4n) is 3.77. The van der Waals surface area contributed by atoms with Crippen molar-refractivity contribution in [2.45, 2.75) is 24.4 Å². The van der Waals surface area contributed by atoms with E-state index < -0.39 is 11.0 Å². The first-order valence-electron chi connectivity index (χ1n) is 8.45. The van der Waals surface area contributed by atoms with Gasteiger partial charge in [0.15, 0.2) is 16.2 Å². The maximum Gasteiger partial charge on any atom is 0.253 e. The number of hydrogen-bond acceptors (Lipinski definition) is 5. The molecule has 5 nitrogen and oxygen atoms in total. The Kier molecular flexibility index (Phi) is 3.73. The zero-order valence-corrected chi connectivity index (χ0v) is 16.6. The van der Waals surface area contributed by atoms with Gasteiger partial charge in [0.1, 0.15) is 0 Å². The van der Waals surface area contributed by atoms with Crippen LogP contribution in [0, 0.1) is 0 Å². The number of nitrogens with zero attached hydrogens (tertiary/aromatic N) is 4. The summed E-state index contributed by atoms with van der Waals surface area (Å²) in [5.74, 6) is -0.169. The maximum atomic E-state index is 12.8. The van der Waals surface area contributed by atoms with Crippen molar-refractivity contribution in [1.29, 1.82) is 0 Å². The van der Waals surface area contributed by atoms with E-state index in [1.807, 2.05) is 49.4 Å². The van der Waals surface area contributed by atoms with E-state index >= 15 is 0 Å². The van der Waals surface area contributed by atoms with Crippen LogP contribution in [0.5, 0.6) is 0 Å². The molecular formula is C19H14Cl2N4OS. The molecule has 27 heavy (non-hydrogen) atoms. The Morgan fingerprint density at radius 3 is 2.70 bits per heavy atom. The number of carbonyl (C=O) groups excluding carboxylic acids is 1. The molecule has 2 aromatic carbocycles. The number of fused-ring (bicyclic) bond motifs is 1. The molecule has 136 valence electrons. The highest BCUT2D eigenvalue weighted by atomic mass is 35.5. The number of β-lactam (4-membered cyclic amide) rings is 1. The van der Waals surface area contributed by atoms with Crippen molar-refractivity contribution in [3.8, 4) is 0 Å². The second-order valence-corrected chi connectivity index (χ2v) is 8.51. The molecule has 0 radical (unpaired) electrons. The number of anilines is 2. The predicted octanol–water partition coefficient (Wildman–Crippen LogP) is 4.89. The summed E-state index contributed by atoms with van der Waals surface area (Å²) in [6.45, 7) is 1.93. The van der Waals surface area contributed by atoms with Gasteiger partial charge in [0.05, 0.1) is 20.9 Å². The van der Waals surface area contributed by atoms with Crippen LogP contribution in [-0.2, 0) is 4.79 Å². The van der Waals surface area contributed by atoms with Gasteiger partial charge in [0, 0.05) is 12.1 Å². The molecule has 0 bridgehead atoms. The maximum absolute atomic E-state index is 12.8. The van der Waals surface area contributed by atoms with Crippen LogP contribution in [0.1, 0.15) is 13.3 Å². The van der Waals surface area contributed by atoms with Gasteiger partial charge in [-0.05, 0) is 31.2 Å². The van der Waals surface area contributed by atoms with Gasteiger partial charge in [-0.1, -0.05) is 47.2 Å². The molecule has 1 aromatic heterocycles. The van der Waals surface area contributed by atoms with Crippen molar-refractivity contribution in [2.24, 2.45) is 5.10 Å². The Morgan fingerprint density at radius 1 is 1.19 bits per heavy atom. The smallest absolute Gasteiger partial charge is 0.253 e. The molecule has 0 aliphatic carbocycles. The van der Waals surface area contributed by atoms with Crippen LogP contribution in [0.25, 0.3) is 10.2 Å². The highest BCUT2D eigenvalue weighted by Gasteiger charge is 2.67. The van der Waals surface area contributed by atoms with Crippen LogP contribution in [0.15, 0.2) is 53.6 Å². The van der Waals surface area contributed by atoms with Crippen LogP contribution in [0.2, 0.25) is 5.02 Å². The number of thiazole rings is 1. The van der Waals surface area contributed by atoms with Crippen molar-refractivity contribution in [3.05, 3.63) is 53.6 Å². The van der Waals surface area contributed by atoms with Crippen LogP contribution in [0.4, 0.5) is 10.8 Å². The van der Waals surface area contributed by atoms with Crippen molar-refractivity contribution >= 4 is 67.2 Å². The van der Waals surface area contributed by atoms with Crippen LogP contribution in [0.3, 0.4) is 0 Å². The SMILES string of the molecule is CC1=NN(c2ccccc2Cl)C2(C1)C(Cl)C(=O)N2c1nc2ccccc2s1. The van der Waals surface area contributed by atoms with Gasteiger partial charge in [-0.15, -0.1) is 11.6 Å². The fourth-order valence-corrected chi connectivity index (χ4v) is 5.39. The minimum absolute atomic E-state index is 0.169. The first-order valence-corrected chi connectivity index (χ1v) is 10.1. The van der Waals surface area contributed by atoms with Gasteiger partial charge in [0.2, 0.25) is 0 Å². The summed E-state index contributed by atoms with van der Waals surface area (Å²) in [5, 5.41) is 6.91. The zero-order chi connectivity index (χ0) is 18.8. The van der Waals surface area contributed by atoms with E-state index in [0.717, 1.165) is 21.6 Å². The largest absolute Gasteiger partial charge is 0.272 e. The number of rotatable bonds is 2. The molecule has 1 fully saturated rings. The number of hydrogen-bond donors (Lipinski definition) is 0. The van der Waals surface area contributed by atoms with E-state index in [1.54, 1.807) is 16.0 Å². The lowest BCUT2D eigenvalue weighted by molar-refractivity contribution is -0.126. The van der Waals surface area contributed by atoms with E-state index in [9.17, 15) is 4.79 Å². The molecule has 1 saturated heterocycles. The van der Waals surface area contributed by atoms with Gasteiger partial charge in [-0.25, -0.2) is 9.99 Å². The molecule has 2 atom stereocenters. The quantitative estimate of drug-likeness (QED) is 0.441. The summed E-state index contributed by atoms with van der Waals surface area (Å²) >= 11 is 14.5. The Labute approximate surface area is 169 Å². The molecule has 2 aliphatic rings. The third-order valence-corrected chi connectivity index (χ3v) is 6.82. The second-order valence-electron chi connectivity index (χ2n) is 6.65. The Morgan fingerprint density at radius 2 is 1.93 bits per heavy atom. The molecule has 1 spiro atoms. The van der Waals surface area contributed by atoms with Gasteiger partial charge >= 0.3 is 0 Å². The van der Waals surface area contributed by atoms with Crippen molar-refractivity contribution in [2.75, 3.05) is 9.91 Å². The first kappa shape index (κ1) is 17.0. The summed E-state index contributed by atoms with van der Waals surface area (Å²) in [5.41, 5.74) is 1.64.